The molecule has 1 saturated heterocycles. The third kappa shape index (κ3) is 1.87. The molecule has 2 aliphatic rings. The lowest BCUT2D eigenvalue weighted by Gasteiger charge is -2.37. The Bertz CT molecular complexity index is 160. The fourth-order valence-electron chi connectivity index (χ4n) is 2.55. The SMILES string of the molecule is OC(O)C(C1CCC1)C1CCOC1. The van der Waals surface area contributed by atoms with Gasteiger partial charge in [0, 0.05) is 19.1 Å². The van der Waals surface area contributed by atoms with Crippen molar-refractivity contribution in [3.05, 3.63) is 0 Å². The Hall–Kier alpha value is -0.120. The van der Waals surface area contributed by atoms with Crippen molar-refractivity contribution in [1.82, 2.24) is 0 Å². The Morgan fingerprint density at radius 1 is 1.08 bits per heavy atom. The summed E-state index contributed by atoms with van der Waals surface area (Å²) in [6.45, 7) is 1.51. The average Bonchev–Trinajstić information content (AvgIpc) is 2.46. The number of rotatable bonds is 3. The lowest BCUT2D eigenvalue weighted by atomic mass is 9.70. The van der Waals surface area contributed by atoms with Crippen LogP contribution in [0.2, 0.25) is 0 Å². The first-order chi connectivity index (χ1) is 6.29. The van der Waals surface area contributed by atoms with E-state index in [0.717, 1.165) is 19.6 Å². The van der Waals surface area contributed by atoms with Crippen LogP contribution in [0.1, 0.15) is 25.7 Å². The van der Waals surface area contributed by atoms with Gasteiger partial charge in [-0.15, -0.1) is 0 Å². The molecule has 0 bridgehead atoms. The van der Waals surface area contributed by atoms with Crippen molar-refractivity contribution in [2.24, 2.45) is 17.8 Å². The van der Waals surface area contributed by atoms with E-state index in [-0.39, 0.29) is 5.92 Å². The smallest absolute Gasteiger partial charge is 0.154 e. The molecule has 1 heterocycles. The summed E-state index contributed by atoms with van der Waals surface area (Å²) >= 11 is 0. The molecule has 1 aliphatic heterocycles. The molecule has 1 saturated carbocycles. The normalized spacial score (nSPS) is 32.1. The molecule has 0 aromatic rings. The van der Waals surface area contributed by atoms with E-state index in [2.05, 4.69) is 0 Å². The van der Waals surface area contributed by atoms with Crippen LogP contribution in [0.4, 0.5) is 0 Å². The van der Waals surface area contributed by atoms with Gasteiger partial charge in [-0.1, -0.05) is 6.42 Å². The fraction of sp³-hybridized carbons (Fsp3) is 1.00. The maximum atomic E-state index is 9.31. The van der Waals surface area contributed by atoms with E-state index < -0.39 is 6.29 Å². The summed E-state index contributed by atoms with van der Waals surface area (Å²) in [4.78, 5) is 0. The summed E-state index contributed by atoms with van der Waals surface area (Å²) in [6.07, 6.45) is 3.44. The van der Waals surface area contributed by atoms with Gasteiger partial charge in [0.15, 0.2) is 6.29 Å². The van der Waals surface area contributed by atoms with Gasteiger partial charge in [0.1, 0.15) is 0 Å². The van der Waals surface area contributed by atoms with Crippen LogP contribution < -0.4 is 0 Å². The first-order valence-corrected chi connectivity index (χ1v) is 5.23. The van der Waals surface area contributed by atoms with Crippen LogP contribution in [0.15, 0.2) is 0 Å². The Kier molecular flexibility index (Phi) is 2.86. The van der Waals surface area contributed by atoms with Gasteiger partial charge in [-0.25, -0.2) is 0 Å². The van der Waals surface area contributed by atoms with Crippen molar-refractivity contribution < 1.29 is 14.9 Å². The molecule has 1 aliphatic carbocycles. The summed E-state index contributed by atoms with van der Waals surface area (Å²) in [5.41, 5.74) is 0. The van der Waals surface area contributed by atoms with Gasteiger partial charge >= 0.3 is 0 Å². The maximum Gasteiger partial charge on any atom is 0.154 e. The standard InChI is InChI=1S/C10H18O3/c11-10(12)9(7-2-1-3-7)8-4-5-13-6-8/h7-12H,1-6H2. The molecule has 3 nitrogen and oxygen atoms in total. The molecule has 13 heavy (non-hydrogen) atoms. The van der Waals surface area contributed by atoms with Crippen molar-refractivity contribution in [3.8, 4) is 0 Å². The molecular formula is C10H18O3. The molecule has 2 atom stereocenters. The van der Waals surface area contributed by atoms with Crippen LogP contribution in [-0.2, 0) is 4.74 Å². The molecule has 2 rings (SSSR count). The molecule has 2 unspecified atom stereocenters. The van der Waals surface area contributed by atoms with Gasteiger partial charge < -0.3 is 14.9 Å². The van der Waals surface area contributed by atoms with Gasteiger partial charge in [-0.05, 0) is 31.1 Å². The van der Waals surface area contributed by atoms with Gasteiger partial charge in [-0.3, -0.25) is 0 Å². The van der Waals surface area contributed by atoms with Crippen molar-refractivity contribution in [2.75, 3.05) is 13.2 Å². The Balaban J connectivity index is 1.94. The number of ether oxygens (including phenoxy) is 1. The summed E-state index contributed by atoms with van der Waals surface area (Å²) < 4.78 is 5.28. The topological polar surface area (TPSA) is 49.7 Å². The third-order valence-corrected chi connectivity index (χ3v) is 3.55. The molecule has 2 fully saturated rings. The Labute approximate surface area is 78.7 Å². The number of aliphatic hydroxyl groups is 2. The van der Waals surface area contributed by atoms with E-state index in [1.54, 1.807) is 0 Å². The number of hydrogen-bond donors (Lipinski definition) is 2. The van der Waals surface area contributed by atoms with Crippen molar-refractivity contribution in [3.63, 3.8) is 0 Å². The van der Waals surface area contributed by atoms with E-state index >= 15 is 0 Å². The first kappa shape index (κ1) is 9.44. The minimum Gasteiger partial charge on any atom is -0.381 e. The van der Waals surface area contributed by atoms with Crippen molar-refractivity contribution >= 4 is 0 Å². The lowest BCUT2D eigenvalue weighted by molar-refractivity contribution is -0.129. The molecule has 0 aromatic heterocycles. The summed E-state index contributed by atoms with van der Waals surface area (Å²) in [6, 6.07) is 0. The van der Waals surface area contributed by atoms with Gasteiger partial charge in [-0.2, -0.15) is 0 Å². The second kappa shape index (κ2) is 3.95. The molecule has 0 radical (unpaired) electrons. The highest BCUT2D eigenvalue weighted by Gasteiger charge is 2.38. The van der Waals surface area contributed by atoms with Gasteiger partial charge in [0.2, 0.25) is 0 Å². The van der Waals surface area contributed by atoms with E-state index in [9.17, 15) is 10.2 Å². The largest absolute Gasteiger partial charge is 0.381 e. The van der Waals surface area contributed by atoms with Crippen LogP contribution >= 0.6 is 0 Å². The average molecular weight is 186 g/mol. The van der Waals surface area contributed by atoms with E-state index in [1.165, 1.54) is 19.3 Å². The van der Waals surface area contributed by atoms with E-state index in [0.29, 0.717) is 11.8 Å². The van der Waals surface area contributed by atoms with E-state index in [4.69, 9.17) is 4.74 Å². The van der Waals surface area contributed by atoms with Gasteiger partial charge in [0.05, 0.1) is 0 Å². The van der Waals surface area contributed by atoms with Crippen molar-refractivity contribution in [2.45, 2.75) is 32.0 Å². The molecule has 0 aromatic carbocycles. The molecule has 76 valence electrons. The summed E-state index contributed by atoms with van der Waals surface area (Å²) in [7, 11) is 0. The first-order valence-electron chi connectivity index (χ1n) is 5.23. The zero-order valence-electron chi connectivity index (χ0n) is 7.85. The molecule has 3 heteroatoms. The predicted molar refractivity (Wildman–Crippen MR) is 48.0 cm³/mol. The zero-order valence-corrected chi connectivity index (χ0v) is 7.85. The highest BCUT2D eigenvalue weighted by molar-refractivity contribution is 4.85. The second-order valence-electron chi connectivity index (χ2n) is 4.31. The highest BCUT2D eigenvalue weighted by atomic mass is 16.5. The van der Waals surface area contributed by atoms with Crippen LogP contribution in [0.25, 0.3) is 0 Å². The summed E-state index contributed by atoms with van der Waals surface area (Å²) in [5, 5.41) is 18.6. The monoisotopic (exact) mass is 186 g/mol. The van der Waals surface area contributed by atoms with Crippen LogP contribution in [-0.4, -0.2) is 29.7 Å². The second-order valence-corrected chi connectivity index (χ2v) is 4.31. The van der Waals surface area contributed by atoms with Crippen LogP contribution in [0, 0.1) is 17.8 Å². The minimum atomic E-state index is -1.14. The van der Waals surface area contributed by atoms with Crippen LogP contribution in [0.5, 0.6) is 0 Å². The zero-order chi connectivity index (χ0) is 9.26. The lowest BCUT2D eigenvalue weighted by Crippen LogP contribution is -2.37. The van der Waals surface area contributed by atoms with E-state index in [1.807, 2.05) is 0 Å². The fourth-order valence-corrected chi connectivity index (χ4v) is 2.55. The Morgan fingerprint density at radius 2 is 1.85 bits per heavy atom. The quantitative estimate of drug-likeness (QED) is 0.639. The molecule has 2 N–H and O–H groups in total. The molecule has 0 spiro atoms. The highest BCUT2D eigenvalue weighted by Crippen LogP contribution is 2.41. The molecule has 0 amide bonds. The van der Waals surface area contributed by atoms with Gasteiger partial charge in [0.25, 0.3) is 0 Å². The molecular weight excluding hydrogens is 168 g/mol. The van der Waals surface area contributed by atoms with Crippen LogP contribution in [0.3, 0.4) is 0 Å². The number of aliphatic hydroxyl groups excluding tert-OH is 1. The number of hydrogen-bond acceptors (Lipinski definition) is 3. The Morgan fingerprint density at radius 3 is 2.23 bits per heavy atom. The summed E-state index contributed by atoms with van der Waals surface area (Å²) in [5.74, 6) is 0.980. The predicted octanol–water partition coefficient (Wildman–Crippen LogP) is 0.750. The van der Waals surface area contributed by atoms with Crippen molar-refractivity contribution in [1.29, 1.82) is 0 Å². The third-order valence-electron chi connectivity index (χ3n) is 3.55. The minimum absolute atomic E-state index is 0.0660. The maximum absolute atomic E-state index is 9.31.